The van der Waals surface area contributed by atoms with E-state index in [9.17, 15) is 8.42 Å². The third-order valence-electron chi connectivity index (χ3n) is 2.54. The zero-order valence-corrected chi connectivity index (χ0v) is 9.65. The van der Waals surface area contributed by atoms with E-state index >= 15 is 0 Å². The Morgan fingerprint density at radius 3 is 2.87 bits per heavy atom. The first-order valence-electron chi connectivity index (χ1n) is 5.28. The lowest BCUT2D eigenvalue weighted by molar-refractivity contribution is 0.392. The fraction of sp³-hybridized carbons (Fsp3) is 0.800. The van der Waals surface area contributed by atoms with Crippen LogP contribution in [0.15, 0.2) is 0 Å². The summed E-state index contributed by atoms with van der Waals surface area (Å²) >= 11 is 0. The molecule has 0 spiro atoms. The molecule has 1 rings (SSSR count). The number of nitrogens with one attached hydrogen (secondary N) is 2. The van der Waals surface area contributed by atoms with E-state index in [0.717, 1.165) is 13.0 Å². The van der Waals surface area contributed by atoms with Gasteiger partial charge in [-0.25, -0.2) is 13.1 Å². The summed E-state index contributed by atoms with van der Waals surface area (Å²) in [5.41, 5.74) is 0. The number of piperidine rings is 1. The number of terminal acetylenes is 1. The summed E-state index contributed by atoms with van der Waals surface area (Å²) in [5, 5.41) is 3.32. The Balaban J connectivity index is 2.26. The van der Waals surface area contributed by atoms with Gasteiger partial charge < -0.3 is 5.32 Å². The molecule has 15 heavy (non-hydrogen) atoms. The molecule has 0 radical (unpaired) electrons. The van der Waals surface area contributed by atoms with Gasteiger partial charge in [0.2, 0.25) is 10.0 Å². The minimum atomic E-state index is -3.18. The van der Waals surface area contributed by atoms with Crippen LogP contribution in [0.1, 0.15) is 25.7 Å². The van der Waals surface area contributed by atoms with Crippen LogP contribution >= 0.6 is 0 Å². The summed E-state index contributed by atoms with van der Waals surface area (Å²) in [6, 6.07) is 0.348. The Bertz CT molecular complexity index is 313. The van der Waals surface area contributed by atoms with E-state index in [-0.39, 0.29) is 12.3 Å². The van der Waals surface area contributed by atoms with Crippen molar-refractivity contribution < 1.29 is 8.42 Å². The molecule has 0 aromatic carbocycles. The zero-order chi connectivity index (χ0) is 11.1. The molecule has 1 aliphatic rings. The molecule has 0 bridgehead atoms. The highest BCUT2D eigenvalue weighted by molar-refractivity contribution is 7.89. The first kappa shape index (κ1) is 12.5. The summed E-state index contributed by atoms with van der Waals surface area (Å²) in [7, 11) is -3.18. The van der Waals surface area contributed by atoms with Gasteiger partial charge in [0.15, 0.2) is 0 Å². The lowest BCUT2D eigenvalue weighted by Crippen LogP contribution is -2.37. The quantitative estimate of drug-likeness (QED) is 0.657. The molecule has 1 fully saturated rings. The topological polar surface area (TPSA) is 58.2 Å². The van der Waals surface area contributed by atoms with Crippen LogP contribution in [0.25, 0.3) is 0 Å². The minimum Gasteiger partial charge on any atom is -0.314 e. The van der Waals surface area contributed by atoms with E-state index in [1.165, 1.54) is 12.8 Å². The van der Waals surface area contributed by atoms with Gasteiger partial charge in [-0.2, -0.15) is 0 Å². The Labute approximate surface area is 91.9 Å². The molecule has 0 aromatic rings. The van der Waals surface area contributed by atoms with E-state index in [4.69, 9.17) is 6.42 Å². The summed E-state index contributed by atoms with van der Waals surface area (Å²) in [4.78, 5) is 0. The second kappa shape index (κ2) is 6.11. The van der Waals surface area contributed by atoms with Crippen molar-refractivity contribution >= 4 is 10.0 Å². The molecule has 0 aromatic heterocycles. The third kappa shape index (κ3) is 5.17. The highest BCUT2D eigenvalue weighted by Gasteiger charge is 2.16. The second-order valence-electron chi connectivity index (χ2n) is 3.78. The molecular formula is C10H18N2O2S. The Morgan fingerprint density at radius 2 is 2.27 bits per heavy atom. The number of sulfonamides is 1. The number of rotatable bonds is 5. The largest absolute Gasteiger partial charge is 0.314 e. The molecule has 86 valence electrons. The van der Waals surface area contributed by atoms with Gasteiger partial charge in [0.1, 0.15) is 0 Å². The first-order chi connectivity index (χ1) is 7.14. The molecule has 1 saturated heterocycles. The maximum atomic E-state index is 11.4. The van der Waals surface area contributed by atoms with Gasteiger partial charge in [-0.15, -0.1) is 6.42 Å². The molecule has 1 aliphatic heterocycles. The molecule has 0 aliphatic carbocycles. The zero-order valence-electron chi connectivity index (χ0n) is 8.83. The van der Waals surface area contributed by atoms with Gasteiger partial charge in [0, 0.05) is 6.04 Å². The fourth-order valence-electron chi connectivity index (χ4n) is 1.69. The maximum Gasteiger partial charge on any atom is 0.212 e. The molecular weight excluding hydrogens is 212 g/mol. The van der Waals surface area contributed by atoms with Crippen LogP contribution in [-0.2, 0) is 10.0 Å². The molecule has 1 unspecified atom stereocenters. The van der Waals surface area contributed by atoms with Gasteiger partial charge in [-0.1, -0.05) is 12.3 Å². The van der Waals surface area contributed by atoms with Gasteiger partial charge >= 0.3 is 0 Å². The van der Waals surface area contributed by atoms with E-state index in [0.29, 0.717) is 12.5 Å². The maximum absolute atomic E-state index is 11.4. The predicted molar refractivity (Wildman–Crippen MR) is 60.9 cm³/mol. The second-order valence-corrected chi connectivity index (χ2v) is 5.71. The van der Waals surface area contributed by atoms with Gasteiger partial charge in [-0.3, -0.25) is 0 Å². The van der Waals surface area contributed by atoms with Crippen LogP contribution in [0.3, 0.4) is 0 Å². The molecule has 1 atom stereocenters. The van der Waals surface area contributed by atoms with Crippen molar-refractivity contribution in [1.82, 2.24) is 10.0 Å². The van der Waals surface area contributed by atoms with Crippen molar-refractivity contribution in [2.75, 3.05) is 18.8 Å². The average molecular weight is 230 g/mol. The van der Waals surface area contributed by atoms with Gasteiger partial charge in [0.05, 0.1) is 12.3 Å². The van der Waals surface area contributed by atoms with Crippen molar-refractivity contribution in [2.24, 2.45) is 0 Å². The molecule has 2 N–H and O–H groups in total. The van der Waals surface area contributed by atoms with E-state index in [1.54, 1.807) is 0 Å². The summed E-state index contributed by atoms with van der Waals surface area (Å²) in [5.74, 6) is 2.41. The van der Waals surface area contributed by atoms with Crippen LogP contribution in [0.2, 0.25) is 0 Å². The summed E-state index contributed by atoms with van der Waals surface area (Å²) < 4.78 is 25.2. The van der Waals surface area contributed by atoms with E-state index < -0.39 is 10.0 Å². The van der Waals surface area contributed by atoms with Crippen molar-refractivity contribution in [3.05, 3.63) is 0 Å². The Morgan fingerprint density at radius 1 is 1.47 bits per heavy atom. The van der Waals surface area contributed by atoms with Crippen LogP contribution in [-0.4, -0.2) is 33.3 Å². The minimum absolute atomic E-state index is 0.0838. The summed E-state index contributed by atoms with van der Waals surface area (Å²) in [6.45, 7) is 1.09. The third-order valence-corrected chi connectivity index (χ3v) is 3.90. The highest BCUT2D eigenvalue weighted by Crippen LogP contribution is 2.10. The smallest absolute Gasteiger partial charge is 0.212 e. The van der Waals surface area contributed by atoms with Crippen LogP contribution < -0.4 is 10.0 Å². The Hall–Kier alpha value is -0.570. The molecule has 4 nitrogen and oxygen atoms in total. The predicted octanol–water partition coefficient (Wildman–Crippen LogP) is 0.0712. The summed E-state index contributed by atoms with van der Waals surface area (Å²) in [6.07, 6.45) is 9.11. The Kier molecular flexibility index (Phi) is 5.09. The molecule has 0 amide bonds. The SMILES string of the molecule is C#CCNS(=O)(=O)CCC1CCCCN1. The average Bonchev–Trinajstić information content (AvgIpc) is 2.25. The first-order valence-corrected chi connectivity index (χ1v) is 6.93. The monoisotopic (exact) mass is 230 g/mol. The van der Waals surface area contributed by atoms with Crippen LogP contribution in [0, 0.1) is 12.3 Å². The van der Waals surface area contributed by atoms with Gasteiger partial charge in [0.25, 0.3) is 0 Å². The molecule has 0 saturated carbocycles. The van der Waals surface area contributed by atoms with E-state index in [1.807, 2.05) is 0 Å². The van der Waals surface area contributed by atoms with Crippen LogP contribution in [0.4, 0.5) is 0 Å². The normalized spacial score (nSPS) is 22.2. The standard InChI is InChI=1S/C10H18N2O2S/c1-2-7-12-15(13,14)9-6-10-5-3-4-8-11-10/h1,10-12H,3-9H2. The number of hydrogen-bond donors (Lipinski definition) is 2. The van der Waals surface area contributed by atoms with Crippen molar-refractivity contribution in [3.63, 3.8) is 0 Å². The van der Waals surface area contributed by atoms with Crippen molar-refractivity contribution in [1.29, 1.82) is 0 Å². The van der Waals surface area contributed by atoms with Crippen molar-refractivity contribution in [2.45, 2.75) is 31.7 Å². The highest BCUT2D eigenvalue weighted by atomic mass is 32.2. The lowest BCUT2D eigenvalue weighted by Gasteiger charge is -2.23. The van der Waals surface area contributed by atoms with Crippen molar-refractivity contribution in [3.8, 4) is 12.3 Å². The molecule has 1 heterocycles. The molecule has 5 heteroatoms. The van der Waals surface area contributed by atoms with E-state index in [2.05, 4.69) is 16.0 Å². The van der Waals surface area contributed by atoms with Crippen LogP contribution in [0.5, 0.6) is 0 Å². The fourth-order valence-corrected chi connectivity index (χ4v) is 2.73. The lowest BCUT2D eigenvalue weighted by atomic mass is 10.0. The number of hydrogen-bond acceptors (Lipinski definition) is 3. The van der Waals surface area contributed by atoms with Gasteiger partial charge in [-0.05, 0) is 25.8 Å².